The van der Waals surface area contributed by atoms with Crippen molar-refractivity contribution in [3.63, 3.8) is 0 Å². The van der Waals surface area contributed by atoms with Crippen molar-refractivity contribution in [2.24, 2.45) is 0 Å². The van der Waals surface area contributed by atoms with Crippen LogP contribution in [0.25, 0.3) is 22.8 Å². The molecule has 32 heavy (non-hydrogen) atoms. The van der Waals surface area contributed by atoms with Gasteiger partial charge in [-0.3, -0.25) is 9.36 Å². The quantitative estimate of drug-likeness (QED) is 0.379. The number of amides is 1. The lowest BCUT2D eigenvalue weighted by Gasteiger charge is -2.13. The second-order valence-electron chi connectivity index (χ2n) is 7.27. The van der Waals surface area contributed by atoms with Gasteiger partial charge in [0.2, 0.25) is 11.7 Å². The number of thiazole rings is 1. The number of rotatable bonds is 8. The van der Waals surface area contributed by atoms with Crippen molar-refractivity contribution in [2.75, 3.05) is 17.7 Å². The molecule has 1 fully saturated rings. The van der Waals surface area contributed by atoms with E-state index in [-0.39, 0.29) is 17.8 Å². The maximum atomic E-state index is 12.6. The van der Waals surface area contributed by atoms with Gasteiger partial charge in [-0.2, -0.15) is 0 Å². The Morgan fingerprint density at radius 2 is 2.12 bits per heavy atom. The summed E-state index contributed by atoms with van der Waals surface area (Å²) in [7, 11) is 0. The third-order valence-corrected chi connectivity index (χ3v) is 6.75. The highest BCUT2D eigenvalue weighted by atomic mass is 32.2. The molecular weight excluding hydrogens is 446 g/mol. The molecule has 0 saturated carbocycles. The molecule has 1 atom stereocenters. The largest absolute Gasteiger partial charge is 0.461 e. The average molecular weight is 468 g/mol. The van der Waals surface area contributed by atoms with Gasteiger partial charge < -0.3 is 14.5 Å². The predicted molar refractivity (Wildman–Crippen MR) is 124 cm³/mol. The third kappa shape index (κ3) is 4.77. The molecule has 4 heterocycles. The molecule has 0 aliphatic carbocycles. The molecule has 1 aliphatic rings. The number of nitrogens with one attached hydrogen (secondary N) is 1. The van der Waals surface area contributed by atoms with Crippen LogP contribution in [0.3, 0.4) is 0 Å². The normalized spacial score (nSPS) is 15.8. The molecule has 4 aromatic rings. The predicted octanol–water partition coefficient (Wildman–Crippen LogP) is 4.57. The first kappa shape index (κ1) is 20.9. The SMILES string of the molecule is O=C(CSc1nnc(-c2ccco2)n1CC1CCCO1)Nc1nc(-c2ccccc2)cs1. The fraction of sp³-hybridized carbons (Fsp3) is 0.273. The zero-order chi connectivity index (χ0) is 21.8. The first-order chi connectivity index (χ1) is 15.8. The number of thioether (sulfide) groups is 1. The fourth-order valence-corrected chi connectivity index (χ4v) is 4.98. The van der Waals surface area contributed by atoms with Gasteiger partial charge in [-0.25, -0.2) is 4.98 Å². The summed E-state index contributed by atoms with van der Waals surface area (Å²) in [6.45, 7) is 1.40. The van der Waals surface area contributed by atoms with Crippen LogP contribution in [-0.2, 0) is 16.1 Å². The van der Waals surface area contributed by atoms with E-state index in [1.807, 2.05) is 52.4 Å². The molecular formula is C22H21N5O3S2. The van der Waals surface area contributed by atoms with Gasteiger partial charge in [0.25, 0.3) is 0 Å². The molecule has 8 nitrogen and oxygen atoms in total. The molecule has 0 bridgehead atoms. The Labute approximate surface area is 193 Å². The Morgan fingerprint density at radius 3 is 2.91 bits per heavy atom. The number of furan rings is 1. The third-order valence-electron chi connectivity index (χ3n) is 5.02. The molecule has 5 rings (SSSR count). The molecule has 1 saturated heterocycles. The van der Waals surface area contributed by atoms with E-state index in [1.165, 1.54) is 23.1 Å². The number of carbonyl (C=O) groups excluding carboxylic acids is 1. The van der Waals surface area contributed by atoms with Gasteiger partial charge in [-0.1, -0.05) is 42.1 Å². The van der Waals surface area contributed by atoms with Crippen LogP contribution in [0.4, 0.5) is 5.13 Å². The number of carbonyl (C=O) groups is 1. The second-order valence-corrected chi connectivity index (χ2v) is 9.07. The minimum Gasteiger partial charge on any atom is -0.461 e. The smallest absolute Gasteiger partial charge is 0.236 e. The number of benzene rings is 1. The summed E-state index contributed by atoms with van der Waals surface area (Å²) in [6, 6.07) is 13.6. The van der Waals surface area contributed by atoms with Crippen molar-refractivity contribution < 1.29 is 13.9 Å². The summed E-state index contributed by atoms with van der Waals surface area (Å²) in [5.74, 6) is 1.33. The van der Waals surface area contributed by atoms with Gasteiger partial charge in [0.05, 0.1) is 30.4 Å². The number of anilines is 1. The standard InChI is InChI=1S/C22H21N5O3S2/c28-19(24-21-23-17(13-31-21)15-6-2-1-3-7-15)14-32-22-26-25-20(18-9-5-11-30-18)27(22)12-16-8-4-10-29-16/h1-3,5-7,9,11,13,16H,4,8,10,12,14H2,(H,23,24,28). The highest BCUT2D eigenvalue weighted by Crippen LogP contribution is 2.28. The number of hydrogen-bond acceptors (Lipinski definition) is 8. The van der Waals surface area contributed by atoms with Crippen LogP contribution in [0, 0.1) is 0 Å². The lowest BCUT2D eigenvalue weighted by atomic mass is 10.2. The van der Waals surface area contributed by atoms with Gasteiger partial charge in [0.15, 0.2) is 16.0 Å². The molecule has 1 N–H and O–H groups in total. The zero-order valence-corrected chi connectivity index (χ0v) is 18.8. The van der Waals surface area contributed by atoms with E-state index >= 15 is 0 Å². The minimum atomic E-state index is -0.143. The van der Waals surface area contributed by atoms with E-state index in [2.05, 4.69) is 20.5 Å². The summed E-state index contributed by atoms with van der Waals surface area (Å²) in [4.78, 5) is 17.1. The molecule has 0 radical (unpaired) electrons. The maximum absolute atomic E-state index is 12.6. The van der Waals surface area contributed by atoms with Crippen LogP contribution in [0.15, 0.2) is 63.7 Å². The Morgan fingerprint density at radius 1 is 1.22 bits per heavy atom. The Hall–Kier alpha value is -2.95. The summed E-state index contributed by atoms with van der Waals surface area (Å²) >= 11 is 2.74. The molecule has 164 valence electrons. The van der Waals surface area contributed by atoms with E-state index in [0.717, 1.165) is 30.7 Å². The fourth-order valence-electron chi connectivity index (χ4n) is 3.50. The monoisotopic (exact) mass is 467 g/mol. The van der Waals surface area contributed by atoms with Gasteiger partial charge in [-0.15, -0.1) is 21.5 Å². The molecule has 10 heteroatoms. The van der Waals surface area contributed by atoms with Crippen molar-refractivity contribution in [3.05, 3.63) is 54.1 Å². The summed E-state index contributed by atoms with van der Waals surface area (Å²) in [5, 5.41) is 14.7. The van der Waals surface area contributed by atoms with Crippen LogP contribution in [0.1, 0.15) is 12.8 Å². The van der Waals surface area contributed by atoms with Crippen LogP contribution < -0.4 is 5.32 Å². The van der Waals surface area contributed by atoms with Crippen molar-refractivity contribution in [2.45, 2.75) is 30.6 Å². The average Bonchev–Trinajstić information content (AvgIpc) is 3.61. The van der Waals surface area contributed by atoms with Crippen molar-refractivity contribution in [1.29, 1.82) is 0 Å². The van der Waals surface area contributed by atoms with Crippen LogP contribution in [0.2, 0.25) is 0 Å². The Bertz CT molecular complexity index is 1170. The summed E-state index contributed by atoms with van der Waals surface area (Å²) in [6.07, 6.45) is 3.76. The molecule has 1 amide bonds. The number of aromatic nitrogens is 4. The Kier molecular flexibility index (Phi) is 6.33. The molecule has 0 spiro atoms. The van der Waals surface area contributed by atoms with Crippen LogP contribution in [0.5, 0.6) is 0 Å². The topological polar surface area (TPSA) is 95.1 Å². The lowest BCUT2D eigenvalue weighted by Crippen LogP contribution is -2.18. The lowest BCUT2D eigenvalue weighted by molar-refractivity contribution is -0.113. The van der Waals surface area contributed by atoms with E-state index < -0.39 is 0 Å². The van der Waals surface area contributed by atoms with Gasteiger partial charge in [0, 0.05) is 17.6 Å². The second kappa shape index (κ2) is 9.68. The first-order valence-corrected chi connectivity index (χ1v) is 12.1. The van der Waals surface area contributed by atoms with Crippen LogP contribution >= 0.6 is 23.1 Å². The number of hydrogen-bond donors (Lipinski definition) is 1. The van der Waals surface area contributed by atoms with Crippen molar-refractivity contribution in [3.8, 4) is 22.8 Å². The van der Waals surface area contributed by atoms with Crippen molar-refractivity contribution >= 4 is 34.1 Å². The van der Waals surface area contributed by atoms with Crippen LogP contribution in [-0.4, -0.2) is 44.1 Å². The highest BCUT2D eigenvalue weighted by molar-refractivity contribution is 7.99. The van der Waals surface area contributed by atoms with Gasteiger partial charge in [-0.05, 0) is 25.0 Å². The van der Waals surface area contributed by atoms with Gasteiger partial charge in [0.1, 0.15) is 0 Å². The molecule has 1 aliphatic heterocycles. The minimum absolute atomic E-state index is 0.111. The summed E-state index contributed by atoms with van der Waals surface area (Å²) < 4.78 is 13.3. The zero-order valence-electron chi connectivity index (χ0n) is 17.1. The molecule has 1 aromatic carbocycles. The number of ether oxygens (including phenoxy) is 1. The summed E-state index contributed by atoms with van der Waals surface area (Å²) in [5.41, 5.74) is 1.87. The molecule has 3 aromatic heterocycles. The Balaban J connectivity index is 1.25. The van der Waals surface area contributed by atoms with Crippen molar-refractivity contribution in [1.82, 2.24) is 19.7 Å². The van der Waals surface area contributed by atoms with E-state index in [0.29, 0.717) is 28.4 Å². The maximum Gasteiger partial charge on any atom is 0.236 e. The van der Waals surface area contributed by atoms with E-state index in [9.17, 15) is 4.79 Å². The van der Waals surface area contributed by atoms with Gasteiger partial charge >= 0.3 is 0 Å². The van der Waals surface area contributed by atoms with E-state index in [4.69, 9.17) is 9.15 Å². The highest BCUT2D eigenvalue weighted by Gasteiger charge is 2.23. The van der Waals surface area contributed by atoms with E-state index in [1.54, 1.807) is 6.26 Å². The molecule has 1 unspecified atom stereocenters. The number of nitrogens with zero attached hydrogens (tertiary/aromatic N) is 4. The first-order valence-electron chi connectivity index (χ1n) is 10.3.